The summed E-state index contributed by atoms with van der Waals surface area (Å²) in [5.74, 6) is 0. The van der Waals surface area contributed by atoms with Crippen LogP contribution in [0.5, 0.6) is 0 Å². The van der Waals surface area contributed by atoms with Gasteiger partial charge in [0, 0.05) is 12.1 Å². The number of hydrogen-bond donors (Lipinski definition) is 2. The minimum atomic E-state index is -0.253. The summed E-state index contributed by atoms with van der Waals surface area (Å²) in [6.45, 7) is 5.61. The van der Waals surface area contributed by atoms with E-state index in [1.54, 1.807) is 0 Å². The van der Waals surface area contributed by atoms with Crippen LogP contribution in [0.25, 0.3) is 0 Å². The van der Waals surface area contributed by atoms with Gasteiger partial charge in [0.25, 0.3) is 0 Å². The quantitative estimate of drug-likeness (QED) is 0.684. The zero-order chi connectivity index (χ0) is 11.8. The first kappa shape index (κ1) is 13.3. The Morgan fingerprint density at radius 2 is 2.06 bits per heavy atom. The van der Waals surface area contributed by atoms with E-state index in [4.69, 9.17) is 4.74 Å². The van der Waals surface area contributed by atoms with Gasteiger partial charge in [-0.05, 0) is 25.8 Å². The molecule has 0 radical (unpaired) electrons. The van der Waals surface area contributed by atoms with E-state index in [0.717, 1.165) is 25.8 Å². The van der Waals surface area contributed by atoms with Gasteiger partial charge in [-0.3, -0.25) is 0 Å². The fourth-order valence-electron chi connectivity index (χ4n) is 1.91. The minimum Gasteiger partial charge on any atom is -0.450 e. The Hall–Kier alpha value is -0.770. The van der Waals surface area contributed by atoms with Crippen LogP contribution in [0.1, 0.15) is 46.0 Å². The van der Waals surface area contributed by atoms with Crippen LogP contribution in [-0.2, 0) is 4.74 Å². The molecule has 0 aliphatic heterocycles. The van der Waals surface area contributed by atoms with E-state index in [0.29, 0.717) is 18.7 Å². The molecule has 0 spiro atoms. The number of ether oxygens (including phenoxy) is 1. The van der Waals surface area contributed by atoms with Crippen molar-refractivity contribution in [2.24, 2.45) is 0 Å². The van der Waals surface area contributed by atoms with Crippen molar-refractivity contribution in [2.45, 2.75) is 58.0 Å². The number of nitrogens with one attached hydrogen (secondary N) is 2. The third-order valence-corrected chi connectivity index (χ3v) is 2.78. The van der Waals surface area contributed by atoms with E-state index in [-0.39, 0.29) is 6.09 Å². The number of alkyl carbamates (subject to hydrolysis) is 1. The second kappa shape index (κ2) is 7.49. The fraction of sp³-hybridized carbons (Fsp3) is 0.917. The van der Waals surface area contributed by atoms with Gasteiger partial charge in [-0.25, -0.2) is 4.79 Å². The lowest BCUT2D eigenvalue weighted by molar-refractivity contribution is 0.140. The molecule has 1 saturated carbocycles. The van der Waals surface area contributed by atoms with Gasteiger partial charge in [0.05, 0.1) is 6.61 Å². The van der Waals surface area contributed by atoms with Crippen molar-refractivity contribution in [2.75, 3.05) is 13.2 Å². The largest absolute Gasteiger partial charge is 0.450 e. The maximum Gasteiger partial charge on any atom is 0.407 e. The molecule has 0 unspecified atom stereocenters. The summed E-state index contributed by atoms with van der Waals surface area (Å²) >= 11 is 0. The summed E-state index contributed by atoms with van der Waals surface area (Å²) in [6.07, 6.45) is 5.27. The zero-order valence-electron chi connectivity index (χ0n) is 10.4. The van der Waals surface area contributed by atoms with Crippen molar-refractivity contribution in [3.8, 4) is 0 Å². The van der Waals surface area contributed by atoms with E-state index >= 15 is 0 Å². The lowest BCUT2D eigenvalue weighted by Gasteiger charge is -2.12. The molecular formula is C12H24N2O2. The highest BCUT2D eigenvalue weighted by atomic mass is 16.5. The average Bonchev–Trinajstić information content (AvgIpc) is 2.69. The highest BCUT2D eigenvalue weighted by Crippen LogP contribution is 2.17. The van der Waals surface area contributed by atoms with Crippen LogP contribution in [0.15, 0.2) is 0 Å². The molecule has 4 heteroatoms. The topological polar surface area (TPSA) is 50.4 Å². The minimum absolute atomic E-state index is 0.253. The number of carbonyl (C=O) groups is 1. The van der Waals surface area contributed by atoms with Gasteiger partial charge in [0.15, 0.2) is 0 Å². The van der Waals surface area contributed by atoms with E-state index in [1.807, 2.05) is 0 Å². The van der Waals surface area contributed by atoms with Crippen molar-refractivity contribution in [1.29, 1.82) is 0 Å². The van der Waals surface area contributed by atoms with Crippen LogP contribution in [0.3, 0.4) is 0 Å². The zero-order valence-corrected chi connectivity index (χ0v) is 10.4. The van der Waals surface area contributed by atoms with E-state index in [9.17, 15) is 4.79 Å². The molecule has 1 aliphatic carbocycles. The lowest BCUT2D eigenvalue weighted by Crippen LogP contribution is -2.33. The second-order valence-electron chi connectivity index (χ2n) is 4.72. The molecule has 0 aromatic heterocycles. The first-order chi connectivity index (χ1) is 7.68. The third kappa shape index (κ3) is 5.95. The molecule has 2 N–H and O–H groups in total. The fourth-order valence-corrected chi connectivity index (χ4v) is 1.91. The Kier molecular flexibility index (Phi) is 6.23. The van der Waals surface area contributed by atoms with Crippen molar-refractivity contribution in [3.05, 3.63) is 0 Å². The third-order valence-electron chi connectivity index (χ3n) is 2.78. The summed E-state index contributed by atoms with van der Waals surface area (Å²) in [5, 5.41) is 6.18. The molecule has 1 rings (SSSR count). The summed E-state index contributed by atoms with van der Waals surface area (Å²) in [7, 11) is 0. The Morgan fingerprint density at radius 3 is 2.69 bits per heavy atom. The van der Waals surface area contributed by atoms with Crippen LogP contribution in [0, 0.1) is 0 Å². The Morgan fingerprint density at radius 1 is 1.38 bits per heavy atom. The Labute approximate surface area is 98.1 Å². The Balaban J connectivity index is 1.93. The molecular weight excluding hydrogens is 204 g/mol. The number of hydrogen-bond acceptors (Lipinski definition) is 3. The molecule has 0 aromatic rings. The molecule has 94 valence electrons. The summed E-state index contributed by atoms with van der Waals surface area (Å²) < 4.78 is 5.10. The van der Waals surface area contributed by atoms with E-state index in [1.165, 1.54) is 12.8 Å². The smallest absolute Gasteiger partial charge is 0.407 e. The van der Waals surface area contributed by atoms with Crippen molar-refractivity contribution < 1.29 is 9.53 Å². The number of carbonyl (C=O) groups excluding carboxylic acids is 1. The summed E-state index contributed by atoms with van der Waals surface area (Å²) in [5.41, 5.74) is 0. The van der Waals surface area contributed by atoms with E-state index in [2.05, 4.69) is 24.5 Å². The number of rotatable bonds is 6. The first-order valence-electron chi connectivity index (χ1n) is 6.35. The number of amides is 1. The van der Waals surface area contributed by atoms with Crippen molar-refractivity contribution >= 4 is 6.09 Å². The van der Waals surface area contributed by atoms with Gasteiger partial charge in [-0.1, -0.05) is 26.7 Å². The predicted molar refractivity (Wildman–Crippen MR) is 64.5 cm³/mol. The van der Waals surface area contributed by atoms with Crippen molar-refractivity contribution in [1.82, 2.24) is 10.6 Å². The van der Waals surface area contributed by atoms with E-state index < -0.39 is 0 Å². The van der Waals surface area contributed by atoms with Crippen LogP contribution in [-0.4, -0.2) is 31.3 Å². The van der Waals surface area contributed by atoms with Gasteiger partial charge in [-0.2, -0.15) is 0 Å². The average molecular weight is 228 g/mol. The highest BCUT2D eigenvalue weighted by Gasteiger charge is 2.17. The Bertz CT molecular complexity index is 201. The molecule has 0 bridgehead atoms. The second-order valence-corrected chi connectivity index (χ2v) is 4.72. The highest BCUT2D eigenvalue weighted by molar-refractivity contribution is 5.67. The summed E-state index contributed by atoms with van der Waals surface area (Å²) in [6, 6.07) is 0.841. The lowest BCUT2D eigenvalue weighted by atomic mass is 10.3. The molecule has 1 amide bonds. The molecule has 1 fully saturated rings. The molecule has 4 nitrogen and oxygen atoms in total. The van der Waals surface area contributed by atoms with Gasteiger partial charge in [0.1, 0.15) is 0 Å². The normalized spacial score (nSPS) is 16.7. The van der Waals surface area contributed by atoms with Gasteiger partial charge in [-0.15, -0.1) is 0 Å². The first-order valence-corrected chi connectivity index (χ1v) is 6.35. The van der Waals surface area contributed by atoms with Crippen LogP contribution in [0.4, 0.5) is 4.79 Å². The molecule has 0 heterocycles. The molecule has 0 saturated heterocycles. The summed E-state index contributed by atoms with van der Waals surface area (Å²) in [4.78, 5) is 11.3. The van der Waals surface area contributed by atoms with Crippen LogP contribution in [0.2, 0.25) is 0 Å². The van der Waals surface area contributed by atoms with Crippen molar-refractivity contribution in [3.63, 3.8) is 0 Å². The maximum absolute atomic E-state index is 11.3. The van der Waals surface area contributed by atoms with Gasteiger partial charge < -0.3 is 15.4 Å². The molecule has 0 atom stereocenters. The molecule has 1 aliphatic rings. The van der Waals surface area contributed by atoms with Crippen LogP contribution < -0.4 is 10.6 Å². The van der Waals surface area contributed by atoms with Gasteiger partial charge >= 0.3 is 6.09 Å². The maximum atomic E-state index is 11.3. The molecule has 16 heavy (non-hydrogen) atoms. The SMILES string of the molecule is CC(C)NCCCOC(=O)NC1CCCC1. The van der Waals surface area contributed by atoms with Crippen LogP contribution >= 0.6 is 0 Å². The monoisotopic (exact) mass is 228 g/mol. The molecule has 0 aromatic carbocycles. The predicted octanol–water partition coefficient (Wildman–Crippen LogP) is 2.04. The standard InChI is InChI=1S/C12H24N2O2/c1-10(2)13-8-5-9-16-12(15)14-11-6-3-4-7-11/h10-11,13H,3-9H2,1-2H3,(H,14,15). The van der Waals surface area contributed by atoms with Gasteiger partial charge in [0.2, 0.25) is 0 Å².